The van der Waals surface area contributed by atoms with Gasteiger partial charge < -0.3 is 5.32 Å². The van der Waals surface area contributed by atoms with Crippen molar-refractivity contribution >= 4 is 22.5 Å². The maximum absolute atomic E-state index is 4.67. The van der Waals surface area contributed by atoms with E-state index in [0.717, 1.165) is 40.3 Å². The third kappa shape index (κ3) is 2.33. The molecule has 0 aliphatic heterocycles. The monoisotopic (exact) mass is 283 g/mol. The molecule has 0 bridgehead atoms. The van der Waals surface area contributed by atoms with Crippen LogP contribution in [0.15, 0.2) is 12.1 Å². The molecule has 0 aromatic carbocycles. The van der Waals surface area contributed by atoms with Crippen LogP contribution in [0.2, 0.25) is 0 Å². The van der Waals surface area contributed by atoms with Gasteiger partial charge in [0, 0.05) is 23.5 Å². The Bertz CT molecular complexity index is 818. The second-order valence-corrected chi connectivity index (χ2v) is 5.75. The molecule has 0 unspecified atom stereocenters. The van der Waals surface area contributed by atoms with Crippen LogP contribution in [0.1, 0.15) is 37.2 Å². The highest BCUT2D eigenvalue weighted by atomic mass is 15.3. The van der Waals surface area contributed by atoms with Crippen LogP contribution in [-0.4, -0.2) is 25.6 Å². The standard InChI is InChI=1S/C16H21N5/c1-6-10(3)17-13-8-12(5)19-16-14-9(2)7-11(4)18-15(14)20-21(13)16/h7-8,10,17H,6H2,1-5H3/t10-/m1/s1. The quantitative estimate of drug-likeness (QED) is 0.800. The lowest BCUT2D eigenvalue weighted by Gasteiger charge is -2.14. The maximum atomic E-state index is 4.67. The SMILES string of the molecule is CC[C@@H](C)Nc1cc(C)nc2c3c(C)cc(C)nc3nn12. The summed E-state index contributed by atoms with van der Waals surface area (Å²) in [5, 5.41) is 9.19. The van der Waals surface area contributed by atoms with Gasteiger partial charge in [0.25, 0.3) is 0 Å². The summed E-state index contributed by atoms with van der Waals surface area (Å²) in [5.41, 5.74) is 4.77. The van der Waals surface area contributed by atoms with E-state index in [1.165, 1.54) is 5.56 Å². The molecule has 1 N–H and O–H groups in total. The number of fused-ring (bicyclic) bond motifs is 3. The molecule has 0 aliphatic rings. The molecule has 5 nitrogen and oxygen atoms in total. The Balaban J connectivity index is 2.33. The zero-order chi connectivity index (χ0) is 15.1. The normalized spacial score (nSPS) is 13.0. The van der Waals surface area contributed by atoms with Crippen LogP contribution in [-0.2, 0) is 0 Å². The molecule has 0 saturated carbocycles. The van der Waals surface area contributed by atoms with E-state index in [1.807, 2.05) is 24.4 Å². The molecule has 0 radical (unpaired) electrons. The molecule has 0 fully saturated rings. The number of pyridine rings is 1. The summed E-state index contributed by atoms with van der Waals surface area (Å²) in [5.74, 6) is 0.974. The van der Waals surface area contributed by atoms with Crippen LogP contribution in [0, 0.1) is 20.8 Å². The van der Waals surface area contributed by atoms with E-state index in [-0.39, 0.29) is 0 Å². The molecule has 3 aromatic rings. The average Bonchev–Trinajstić information content (AvgIpc) is 2.76. The fourth-order valence-electron chi connectivity index (χ4n) is 2.60. The average molecular weight is 283 g/mol. The van der Waals surface area contributed by atoms with Gasteiger partial charge in [-0.3, -0.25) is 0 Å². The van der Waals surface area contributed by atoms with Crippen molar-refractivity contribution < 1.29 is 0 Å². The number of hydrogen-bond acceptors (Lipinski definition) is 4. The van der Waals surface area contributed by atoms with Crippen molar-refractivity contribution in [3.05, 3.63) is 29.1 Å². The number of nitrogens with zero attached hydrogens (tertiary/aromatic N) is 4. The molecular formula is C16H21N5. The molecule has 0 saturated heterocycles. The van der Waals surface area contributed by atoms with Gasteiger partial charge in [-0.05, 0) is 45.7 Å². The van der Waals surface area contributed by atoms with Crippen LogP contribution < -0.4 is 5.32 Å². The highest BCUT2D eigenvalue weighted by molar-refractivity contribution is 5.93. The van der Waals surface area contributed by atoms with Crippen molar-refractivity contribution in [3.63, 3.8) is 0 Å². The van der Waals surface area contributed by atoms with Gasteiger partial charge in [-0.25, -0.2) is 9.97 Å². The first kappa shape index (κ1) is 13.8. The second-order valence-electron chi connectivity index (χ2n) is 5.75. The summed E-state index contributed by atoms with van der Waals surface area (Å²) in [7, 11) is 0. The van der Waals surface area contributed by atoms with Crippen LogP contribution in [0.4, 0.5) is 5.82 Å². The van der Waals surface area contributed by atoms with Crippen LogP contribution in [0.3, 0.4) is 0 Å². The minimum absolute atomic E-state index is 0.387. The van der Waals surface area contributed by atoms with Gasteiger partial charge in [-0.2, -0.15) is 4.52 Å². The van der Waals surface area contributed by atoms with Gasteiger partial charge in [0.1, 0.15) is 5.82 Å². The minimum atomic E-state index is 0.387. The number of nitrogens with one attached hydrogen (secondary N) is 1. The molecule has 0 aliphatic carbocycles. The van der Waals surface area contributed by atoms with Gasteiger partial charge in [0.15, 0.2) is 11.3 Å². The number of rotatable bonds is 3. The first-order valence-corrected chi connectivity index (χ1v) is 7.40. The van der Waals surface area contributed by atoms with Crippen LogP contribution >= 0.6 is 0 Å². The van der Waals surface area contributed by atoms with E-state index in [2.05, 4.69) is 47.2 Å². The predicted molar refractivity (Wildman–Crippen MR) is 85.9 cm³/mol. The molecule has 0 spiro atoms. The fraction of sp³-hybridized carbons (Fsp3) is 0.438. The number of aryl methyl sites for hydroxylation is 3. The van der Waals surface area contributed by atoms with Gasteiger partial charge in [-0.15, -0.1) is 5.10 Å². The van der Waals surface area contributed by atoms with Gasteiger partial charge >= 0.3 is 0 Å². The molecule has 5 heteroatoms. The van der Waals surface area contributed by atoms with Gasteiger partial charge in [0.2, 0.25) is 0 Å². The van der Waals surface area contributed by atoms with E-state index in [1.54, 1.807) is 0 Å². The highest BCUT2D eigenvalue weighted by Gasteiger charge is 2.15. The number of hydrogen-bond donors (Lipinski definition) is 1. The Hall–Kier alpha value is -2.17. The van der Waals surface area contributed by atoms with Crippen LogP contribution in [0.25, 0.3) is 16.7 Å². The number of anilines is 1. The topological polar surface area (TPSA) is 55.1 Å². The predicted octanol–water partition coefficient (Wildman–Crippen LogP) is 3.41. The molecule has 3 rings (SSSR count). The third-order valence-electron chi connectivity index (χ3n) is 3.81. The van der Waals surface area contributed by atoms with Crippen LogP contribution in [0.5, 0.6) is 0 Å². The zero-order valence-electron chi connectivity index (χ0n) is 13.2. The van der Waals surface area contributed by atoms with E-state index in [9.17, 15) is 0 Å². The Morgan fingerprint density at radius 2 is 1.86 bits per heavy atom. The third-order valence-corrected chi connectivity index (χ3v) is 3.81. The smallest absolute Gasteiger partial charge is 0.184 e. The molecule has 110 valence electrons. The Kier molecular flexibility index (Phi) is 3.27. The molecular weight excluding hydrogens is 262 g/mol. The van der Waals surface area contributed by atoms with E-state index >= 15 is 0 Å². The molecule has 0 amide bonds. The zero-order valence-corrected chi connectivity index (χ0v) is 13.2. The van der Waals surface area contributed by atoms with E-state index < -0.39 is 0 Å². The minimum Gasteiger partial charge on any atom is -0.367 e. The fourth-order valence-corrected chi connectivity index (χ4v) is 2.60. The van der Waals surface area contributed by atoms with E-state index in [4.69, 9.17) is 0 Å². The lowest BCUT2D eigenvalue weighted by molar-refractivity contribution is 0.748. The molecule has 1 atom stereocenters. The van der Waals surface area contributed by atoms with Crippen molar-refractivity contribution in [2.24, 2.45) is 0 Å². The second kappa shape index (κ2) is 4.98. The van der Waals surface area contributed by atoms with Crippen molar-refractivity contribution in [1.29, 1.82) is 0 Å². The maximum Gasteiger partial charge on any atom is 0.184 e. The lowest BCUT2D eigenvalue weighted by atomic mass is 10.2. The van der Waals surface area contributed by atoms with Crippen molar-refractivity contribution in [1.82, 2.24) is 19.6 Å². The molecule has 21 heavy (non-hydrogen) atoms. The Morgan fingerprint density at radius 1 is 1.14 bits per heavy atom. The lowest BCUT2D eigenvalue weighted by Crippen LogP contribution is -2.16. The highest BCUT2D eigenvalue weighted by Crippen LogP contribution is 2.24. The Labute approximate surface area is 124 Å². The van der Waals surface area contributed by atoms with Crippen molar-refractivity contribution in [2.45, 2.75) is 47.1 Å². The van der Waals surface area contributed by atoms with Gasteiger partial charge in [-0.1, -0.05) is 6.92 Å². The summed E-state index contributed by atoms with van der Waals surface area (Å²) < 4.78 is 1.88. The van der Waals surface area contributed by atoms with Gasteiger partial charge in [0.05, 0.1) is 5.39 Å². The first-order chi connectivity index (χ1) is 9.99. The molecule has 3 aromatic heterocycles. The largest absolute Gasteiger partial charge is 0.367 e. The summed E-state index contributed by atoms with van der Waals surface area (Å²) in [6.07, 6.45) is 1.06. The number of aromatic nitrogens is 4. The summed E-state index contributed by atoms with van der Waals surface area (Å²) in [6.45, 7) is 10.4. The summed E-state index contributed by atoms with van der Waals surface area (Å²) in [6, 6.07) is 4.50. The summed E-state index contributed by atoms with van der Waals surface area (Å²) >= 11 is 0. The Morgan fingerprint density at radius 3 is 2.57 bits per heavy atom. The summed E-state index contributed by atoms with van der Waals surface area (Å²) in [4.78, 5) is 9.21. The van der Waals surface area contributed by atoms with Crippen molar-refractivity contribution in [3.8, 4) is 0 Å². The first-order valence-electron chi connectivity index (χ1n) is 7.40. The molecule has 3 heterocycles. The van der Waals surface area contributed by atoms with Crippen molar-refractivity contribution in [2.75, 3.05) is 5.32 Å². The van der Waals surface area contributed by atoms with E-state index in [0.29, 0.717) is 6.04 Å².